The average Bonchev–Trinajstić information content (AvgIpc) is 3.47. The normalized spacial score (nSPS) is 18.0. The van der Waals surface area contributed by atoms with Crippen molar-refractivity contribution in [1.82, 2.24) is 9.55 Å². The number of fused-ring (bicyclic) bond motifs is 7. The van der Waals surface area contributed by atoms with E-state index >= 15 is 4.57 Å². The van der Waals surface area contributed by atoms with Gasteiger partial charge < -0.3 is 4.57 Å². The first-order valence-corrected chi connectivity index (χ1v) is 17.0. The van der Waals surface area contributed by atoms with Crippen LogP contribution in [0.3, 0.4) is 0 Å². The first-order valence-electron chi connectivity index (χ1n) is 15.3. The van der Waals surface area contributed by atoms with Gasteiger partial charge in [-0.2, -0.15) is 0 Å². The number of hydrogen-bond acceptors (Lipinski definition) is 2. The van der Waals surface area contributed by atoms with Crippen molar-refractivity contribution >= 4 is 56.0 Å². The largest absolute Gasteiger partial charge is 0.309 e. The molecule has 0 radical (unpaired) electrons. The molecule has 0 bridgehead atoms. The molecule has 0 spiro atoms. The molecule has 6 aromatic rings. The summed E-state index contributed by atoms with van der Waals surface area (Å²) in [6.45, 7) is 6.24. The van der Waals surface area contributed by atoms with Gasteiger partial charge in [0.2, 0.25) is 0 Å². The highest BCUT2D eigenvalue weighted by atomic mass is 31.2. The standard InChI is InChI=1S/C40H33N2OP/c1-3-4-16-38-27(2)35-23-22-34(26-36(35)40-41-37-15-9-10-17-39(37)42(38)40)44(43,32-20-18-28-11-5-7-13-30(28)24-32)33-21-19-29-12-6-8-14-31(29)25-33/h3,5-15,17-26,35-36H,1,4,16H2,2H3. The van der Waals surface area contributed by atoms with Crippen molar-refractivity contribution in [2.24, 2.45) is 5.92 Å². The molecule has 8 rings (SSSR count). The van der Waals surface area contributed by atoms with Gasteiger partial charge >= 0.3 is 0 Å². The summed E-state index contributed by atoms with van der Waals surface area (Å²) in [5.41, 5.74) is 4.74. The first kappa shape index (κ1) is 26.9. The molecule has 1 aliphatic heterocycles. The molecule has 2 aliphatic rings. The summed E-state index contributed by atoms with van der Waals surface area (Å²) in [7, 11) is -3.26. The molecule has 5 aromatic carbocycles. The van der Waals surface area contributed by atoms with E-state index in [2.05, 4.69) is 121 Å². The zero-order valence-corrected chi connectivity index (χ0v) is 25.6. The average molecular weight is 589 g/mol. The van der Waals surface area contributed by atoms with Gasteiger partial charge in [-0.05, 0) is 71.1 Å². The van der Waals surface area contributed by atoms with Crippen LogP contribution in [0.4, 0.5) is 0 Å². The van der Waals surface area contributed by atoms with Gasteiger partial charge in [0.15, 0.2) is 7.14 Å². The van der Waals surface area contributed by atoms with Crippen LogP contribution in [-0.2, 0) is 4.57 Å². The lowest BCUT2D eigenvalue weighted by Gasteiger charge is -2.35. The van der Waals surface area contributed by atoms with Gasteiger partial charge in [0, 0.05) is 33.5 Å². The lowest BCUT2D eigenvalue weighted by Crippen LogP contribution is -2.26. The maximum atomic E-state index is 15.9. The first-order chi connectivity index (χ1) is 21.6. The predicted molar refractivity (Wildman–Crippen MR) is 186 cm³/mol. The molecule has 4 heteroatoms. The maximum Gasteiger partial charge on any atom is 0.170 e. The molecule has 0 saturated heterocycles. The second-order valence-electron chi connectivity index (χ2n) is 11.9. The van der Waals surface area contributed by atoms with Gasteiger partial charge in [-0.1, -0.05) is 109 Å². The van der Waals surface area contributed by atoms with Crippen LogP contribution in [-0.4, -0.2) is 9.55 Å². The number of para-hydroxylation sites is 2. The van der Waals surface area contributed by atoms with Crippen LogP contribution in [0.5, 0.6) is 0 Å². The highest BCUT2D eigenvalue weighted by Crippen LogP contribution is 2.57. The zero-order valence-electron chi connectivity index (χ0n) is 24.7. The molecule has 2 unspecified atom stereocenters. The molecule has 1 aromatic heterocycles. The van der Waals surface area contributed by atoms with Gasteiger partial charge in [-0.25, -0.2) is 4.98 Å². The molecule has 214 valence electrons. The Kier molecular flexibility index (Phi) is 6.40. The second kappa shape index (κ2) is 10.5. The number of imidazole rings is 1. The van der Waals surface area contributed by atoms with Gasteiger partial charge in [0.05, 0.1) is 11.0 Å². The van der Waals surface area contributed by atoms with Crippen LogP contribution in [0.1, 0.15) is 31.5 Å². The van der Waals surface area contributed by atoms with Crippen molar-refractivity contribution < 1.29 is 4.57 Å². The van der Waals surface area contributed by atoms with Crippen molar-refractivity contribution in [2.45, 2.75) is 25.7 Å². The minimum Gasteiger partial charge on any atom is -0.309 e. The van der Waals surface area contributed by atoms with E-state index < -0.39 is 7.14 Å². The van der Waals surface area contributed by atoms with E-state index in [-0.39, 0.29) is 11.8 Å². The maximum absolute atomic E-state index is 15.9. The lowest BCUT2D eigenvalue weighted by molar-refractivity contribution is 0.580. The smallest absolute Gasteiger partial charge is 0.170 e. The van der Waals surface area contributed by atoms with Crippen molar-refractivity contribution in [2.75, 3.05) is 0 Å². The molecule has 3 nitrogen and oxygen atoms in total. The van der Waals surface area contributed by atoms with Crippen LogP contribution in [0.2, 0.25) is 0 Å². The fraction of sp³-hybridized carbons (Fsp3) is 0.125. The SMILES string of the molecule is C=CCCC1=C(C)C2C=CC(P(=O)(c3ccc4ccccc4c3)c3ccc4ccccc4c3)=CC2c2nc3ccccc3n21. The van der Waals surface area contributed by atoms with E-state index in [0.29, 0.717) is 0 Å². The summed E-state index contributed by atoms with van der Waals surface area (Å²) in [4.78, 5) is 5.21. The summed E-state index contributed by atoms with van der Waals surface area (Å²) >= 11 is 0. The molecule has 2 atom stereocenters. The predicted octanol–water partition coefficient (Wildman–Crippen LogP) is 9.72. The number of rotatable bonds is 6. The minimum absolute atomic E-state index is 0.0240. The highest BCUT2D eigenvalue weighted by molar-refractivity contribution is 7.82. The zero-order chi connectivity index (χ0) is 29.8. The van der Waals surface area contributed by atoms with Gasteiger partial charge in [-0.15, -0.1) is 6.58 Å². The molecular weight excluding hydrogens is 555 g/mol. The van der Waals surface area contributed by atoms with Crippen molar-refractivity contribution in [3.05, 3.63) is 157 Å². The number of benzene rings is 5. The molecular formula is C40H33N2OP. The Morgan fingerprint density at radius 3 is 2.07 bits per heavy atom. The third-order valence-electron chi connectivity index (χ3n) is 9.46. The van der Waals surface area contributed by atoms with Crippen molar-refractivity contribution in [3.8, 4) is 0 Å². The lowest BCUT2D eigenvalue weighted by atomic mass is 9.79. The van der Waals surface area contributed by atoms with Crippen LogP contribution >= 0.6 is 7.14 Å². The van der Waals surface area contributed by atoms with Gasteiger partial charge in [-0.3, -0.25) is 4.57 Å². The second-order valence-corrected chi connectivity index (χ2v) is 14.7. The molecule has 0 fully saturated rings. The molecule has 0 saturated carbocycles. The number of allylic oxidation sites excluding steroid dienone is 7. The van der Waals surface area contributed by atoms with Gasteiger partial charge in [0.1, 0.15) is 5.82 Å². The van der Waals surface area contributed by atoms with Crippen LogP contribution in [0, 0.1) is 5.92 Å². The third kappa shape index (κ3) is 4.11. The van der Waals surface area contributed by atoms with Crippen LogP contribution < -0.4 is 10.6 Å². The van der Waals surface area contributed by atoms with E-state index in [1.807, 2.05) is 30.3 Å². The molecule has 44 heavy (non-hydrogen) atoms. The van der Waals surface area contributed by atoms with Crippen molar-refractivity contribution in [1.29, 1.82) is 0 Å². The van der Waals surface area contributed by atoms with Crippen molar-refractivity contribution in [3.63, 3.8) is 0 Å². The Balaban J connectivity index is 1.36. The summed E-state index contributed by atoms with van der Waals surface area (Å²) in [6.07, 6.45) is 10.5. The van der Waals surface area contributed by atoms with Gasteiger partial charge in [0.25, 0.3) is 0 Å². The molecule has 0 amide bonds. The molecule has 0 N–H and O–H groups in total. The number of nitrogens with zero attached hydrogens (tertiary/aromatic N) is 2. The van der Waals surface area contributed by atoms with E-state index in [0.717, 1.165) is 67.2 Å². The number of aromatic nitrogens is 2. The van der Waals surface area contributed by atoms with E-state index in [1.165, 1.54) is 11.3 Å². The molecule has 1 aliphatic carbocycles. The third-order valence-corrected chi connectivity index (χ3v) is 12.5. The summed E-state index contributed by atoms with van der Waals surface area (Å²) in [5, 5.41) is 7.04. The Bertz CT molecular complexity index is 2180. The fourth-order valence-electron chi connectivity index (χ4n) is 7.18. The summed E-state index contributed by atoms with van der Waals surface area (Å²) < 4.78 is 18.3. The molecule has 2 heterocycles. The fourth-order valence-corrected chi connectivity index (χ4v) is 9.96. The summed E-state index contributed by atoms with van der Waals surface area (Å²) in [5.74, 6) is 1.15. The quantitative estimate of drug-likeness (QED) is 0.143. The summed E-state index contributed by atoms with van der Waals surface area (Å²) in [6, 6.07) is 37.6. The monoisotopic (exact) mass is 588 g/mol. The topological polar surface area (TPSA) is 34.9 Å². The number of hydrogen-bond donors (Lipinski definition) is 0. The van der Waals surface area contributed by atoms with Crippen LogP contribution in [0.25, 0.3) is 38.3 Å². The minimum atomic E-state index is -3.26. The Morgan fingerprint density at radius 1 is 0.795 bits per heavy atom. The Labute approximate surface area is 257 Å². The Hall–Kier alpha value is -4.72. The van der Waals surface area contributed by atoms with E-state index in [9.17, 15) is 0 Å². The highest BCUT2D eigenvalue weighted by Gasteiger charge is 2.39. The Morgan fingerprint density at radius 2 is 1.41 bits per heavy atom. The van der Waals surface area contributed by atoms with E-state index in [1.54, 1.807) is 0 Å². The van der Waals surface area contributed by atoms with Crippen LogP contribution in [0.15, 0.2) is 151 Å². The van der Waals surface area contributed by atoms with E-state index in [4.69, 9.17) is 4.98 Å².